The fraction of sp³-hybridized carbons (Fsp3) is 0.300. The predicted octanol–water partition coefficient (Wildman–Crippen LogP) is 0.155. The lowest BCUT2D eigenvalue weighted by molar-refractivity contribution is -0.364. The number of carbonyl (C=O) groups excluding carboxylic acids is 1. The summed E-state index contributed by atoms with van der Waals surface area (Å²) in [6.45, 7) is 1.53. The van der Waals surface area contributed by atoms with Crippen LogP contribution >= 0.6 is 0 Å². The molecule has 0 heterocycles. The highest BCUT2D eigenvalue weighted by Gasteiger charge is 2.00. The van der Waals surface area contributed by atoms with Gasteiger partial charge in [-0.3, -0.25) is 0 Å². The lowest BCUT2D eigenvalue weighted by Gasteiger charge is -2.04. The van der Waals surface area contributed by atoms with Crippen LogP contribution in [0.1, 0.15) is 5.56 Å². The van der Waals surface area contributed by atoms with Gasteiger partial charge in [-0.25, -0.2) is 4.79 Å². The van der Waals surface area contributed by atoms with Crippen LogP contribution in [0.4, 0.5) is 4.79 Å². The summed E-state index contributed by atoms with van der Waals surface area (Å²) in [5, 5.41) is 2.58. The summed E-state index contributed by atoms with van der Waals surface area (Å²) in [6, 6.07) is 9.56. The van der Waals surface area contributed by atoms with Gasteiger partial charge in [-0.05, 0) is 5.56 Å². The van der Waals surface area contributed by atoms with Crippen LogP contribution < -0.4 is 11.1 Å². The molecule has 0 radical (unpaired) electrons. The third kappa shape index (κ3) is 3.91. The molecule has 0 spiro atoms. The second-order valence-corrected chi connectivity index (χ2v) is 2.84. The van der Waals surface area contributed by atoms with Gasteiger partial charge in [0.2, 0.25) is 0 Å². The van der Waals surface area contributed by atoms with Crippen molar-refractivity contribution in [3.63, 3.8) is 0 Å². The monoisotopic (exact) mass is 195 g/mol. The van der Waals surface area contributed by atoms with Crippen LogP contribution in [-0.2, 0) is 11.3 Å². The predicted molar refractivity (Wildman–Crippen MR) is 52.4 cm³/mol. The molecule has 1 aromatic rings. The van der Waals surface area contributed by atoms with Crippen molar-refractivity contribution in [3.8, 4) is 0 Å². The van der Waals surface area contributed by atoms with Gasteiger partial charge < -0.3 is 15.8 Å². The number of rotatable bonds is 4. The quantitative estimate of drug-likeness (QED) is 0.718. The van der Waals surface area contributed by atoms with Crippen molar-refractivity contribution in [2.75, 3.05) is 13.1 Å². The molecule has 0 aromatic heterocycles. The van der Waals surface area contributed by atoms with Crippen molar-refractivity contribution < 1.29 is 15.3 Å². The number of carbonyl (C=O) groups is 1. The molecule has 1 aromatic carbocycles. The molecule has 4 heteroatoms. The highest BCUT2D eigenvalue weighted by Crippen LogP contribution is 1.99. The smallest absolute Gasteiger partial charge is 0.407 e. The molecule has 0 saturated heterocycles. The minimum atomic E-state index is -0.391. The van der Waals surface area contributed by atoms with Gasteiger partial charge >= 0.3 is 6.09 Å². The number of benzene rings is 1. The van der Waals surface area contributed by atoms with Crippen LogP contribution in [0.2, 0.25) is 0 Å². The third-order valence-corrected chi connectivity index (χ3v) is 1.66. The molecule has 0 aliphatic rings. The molecule has 4 nitrogen and oxygen atoms in total. The van der Waals surface area contributed by atoms with E-state index in [0.717, 1.165) is 5.56 Å². The number of ether oxygens (including phenoxy) is 1. The first-order valence-electron chi connectivity index (χ1n) is 4.56. The van der Waals surface area contributed by atoms with E-state index in [-0.39, 0.29) is 0 Å². The van der Waals surface area contributed by atoms with Crippen LogP contribution in [0.25, 0.3) is 0 Å². The Morgan fingerprint density at radius 1 is 1.36 bits per heavy atom. The fourth-order valence-corrected chi connectivity index (χ4v) is 0.965. The van der Waals surface area contributed by atoms with Crippen LogP contribution in [0, 0.1) is 0 Å². The van der Waals surface area contributed by atoms with E-state index in [4.69, 9.17) is 4.74 Å². The maximum Gasteiger partial charge on any atom is 0.407 e. The maximum atomic E-state index is 11.0. The molecule has 4 N–H and O–H groups in total. The van der Waals surface area contributed by atoms with Crippen LogP contribution in [-0.4, -0.2) is 19.2 Å². The molecule has 0 aliphatic carbocycles. The Kier molecular flexibility index (Phi) is 4.50. The van der Waals surface area contributed by atoms with E-state index in [0.29, 0.717) is 19.7 Å². The van der Waals surface area contributed by atoms with Crippen molar-refractivity contribution in [2.24, 2.45) is 0 Å². The number of nitrogens with one attached hydrogen (secondary N) is 1. The van der Waals surface area contributed by atoms with Crippen molar-refractivity contribution in [1.29, 1.82) is 0 Å². The summed E-state index contributed by atoms with van der Waals surface area (Å²) in [4.78, 5) is 11.0. The van der Waals surface area contributed by atoms with Crippen molar-refractivity contribution in [2.45, 2.75) is 6.61 Å². The molecule has 1 amide bonds. The molecule has 0 atom stereocenters. The molecule has 0 unspecified atom stereocenters. The maximum absolute atomic E-state index is 11.0. The van der Waals surface area contributed by atoms with Gasteiger partial charge in [0.25, 0.3) is 0 Å². The van der Waals surface area contributed by atoms with Gasteiger partial charge in [0.05, 0.1) is 13.1 Å². The Morgan fingerprint density at radius 3 is 2.71 bits per heavy atom. The zero-order chi connectivity index (χ0) is 10.2. The van der Waals surface area contributed by atoms with E-state index in [1.54, 1.807) is 0 Å². The number of hydrogen-bond acceptors (Lipinski definition) is 2. The average molecular weight is 195 g/mol. The van der Waals surface area contributed by atoms with Gasteiger partial charge in [0.15, 0.2) is 0 Å². The van der Waals surface area contributed by atoms with Gasteiger partial charge in [-0.15, -0.1) is 0 Å². The Morgan fingerprint density at radius 2 is 2.07 bits per heavy atom. The Bertz CT molecular complexity index is 275. The number of amides is 1. The molecule has 0 bridgehead atoms. The zero-order valence-electron chi connectivity index (χ0n) is 8.03. The van der Waals surface area contributed by atoms with Gasteiger partial charge in [-0.1, -0.05) is 30.3 Å². The molecule has 0 aliphatic heterocycles. The Hall–Kier alpha value is -1.55. The minimum absolute atomic E-state index is 0.309. The van der Waals surface area contributed by atoms with Crippen molar-refractivity contribution >= 4 is 6.09 Å². The lowest BCUT2D eigenvalue weighted by atomic mass is 10.2. The molecule has 0 fully saturated rings. The van der Waals surface area contributed by atoms with E-state index >= 15 is 0 Å². The standard InChI is InChI=1S/C10H14N2O2/c11-6-7-12-10(13)14-8-9-4-2-1-3-5-9/h1-5H,6-8,11H2,(H,12,13)/p+1. The number of quaternary nitrogens is 1. The second kappa shape index (κ2) is 5.99. The summed E-state index contributed by atoms with van der Waals surface area (Å²) in [6.07, 6.45) is -0.391. The number of hydrogen-bond donors (Lipinski definition) is 2. The fourth-order valence-electron chi connectivity index (χ4n) is 0.965. The molecular weight excluding hydrogens is 180 g/mol. The zero-order valence-corrected chi connectivity index (χ0v) is 8.03. The van der Waals surface area contributed by atoms with Crippen LogP contribution in [0.3, 0.4) is 0 Å². The number of alkyl carbamates (subject to hydrolysis) is 1. The summed E-state index contributed by atoms with van der Waals surface area (Å²) in [7, 11) is 0. The normalized spacial score (nSPS) is 9.50. The van der Waals surface area contributed by atoms with Gasteiger partial charge in [0, 0.05) is 0 Å². The Labute approximate surface area is 83.1 Å². The first-order chi connectivity index (χ1) is 6.83. The van der Waals surface area contributed by atoms with E-state index in [2.05, 4.69) is 11.1 Å². The molecule has 14 heavy (non-hydrogen) atoms. The summed E-state index contributed by atoms with van der Waals surface area (Å²) < 4.78 is 4.95. The van der Waals surface area contributed by atoms with E-state index in [1.165, 1.54) is 0 Å². The SMILES string of the molecule is [NH3+]CCNC(=O)OCc1ccccc1. The van der Waals surface area contributed by atoms with E-state index in [1.807, 2.05) is 30.3 Å². The minimum Gasteiger partial charge on any atom is -0.445 e. The topological polar surface area (TPSA) is 66.0 Å². The van der Waals surface area contributed by atoms with Gasteiger partial charge in [-0.2, -0.15) is 0 Å². The lowest BCUT2D eigenvalue weighted by Crippen LogP contribution is -2.54. The van der Waals surface area contributed by atoms with E-state index < -0.39 is 6.09 Å². The summed E-state index contributed by atoms with van der Waals surface area (Å²) in [5.41, 5.74) is 4.59. The molecule has 76 valence electrons. The summed E-state index contributed by atoms with van der Waals surface area (Å²) in [5.74, 6) is 0. The van der Waals surface area contributed by atoms with Crippen LogP contribution in [0.15, 0.2) is 30.3 Å². The second-order valence-electron chi connectivity index (χ2n) is 2.84. The first-order valence-corrected chi connectivity index (χ1v) is 4.56. The highest BCUT2D eigenvalue weighted by atomic mass is 16.5. The highest BCUT2D eigenvalue weighted by molar-refractivity contribution is 5.67. The van der Waals surface area contributed by atoms with Crippen molar-refractivity contribution in [1.82, 2.24) is 5.32 Å². The average Bonchev–Trinajstić information content (AvgIpc) is 2.25. The molecular formula is C10H15N2O2+. The molecule has 0 saturated carbocycles. The van der Waals surface area contributed by atoms with Gasteiger partial charge in [0.1, 0.15) is 6.61 Å². The first kappa shape index (κ1) is 10.5. The molecule has 1 rings (SSSR count). The van der Waals surface area contributed by atoms with Crippen LogP contribution in [0.5, 0.6) is 0 Å². The van der Waals surface area contributed by atoms with Crippen molar-refractivity contribution in [3.05, 3.63) is 35.9 Å². The summed E-state index contributed by atoms with van der Waals surface area (Å²) >= 11 is 0. The Balaban J connectivity index is 2.24. The third-order valence-electron chi connectivity index (χ3n) is 1.66. The van der Waals surface area contributed by atoms with E-state index in [9.17, 15) is 4.79 Å². The largest absolute Gasteiger partial charge is 0.445 e.